The molecule has 0 bridgehead atoms. The standard InChI is InChI=1S/53ClH.8Na/h53*1H;;;;;;;;/q;;;;;;;;;;;;;;;;;;;;;;;;;;;;;;;;;;;;;;;;;;;;;;;;;;;;;8*+1/p-8. The molecule has 61 heteroatoms. The molecule has 0 rings (SSSR count). The predicted molar refractivity (Wildman–Crippen MR) is 326 cm³/mol. The first-order chi connectivity index (χ1) is 0. The summed E-state index contributed by atoms with van der Waals surface area (Å²) in [4.78, 5) is 0. The van der Waals surface area contributed by atoms with Gasteiger partial charge < -0.3 is 99.3 Å². The summed E-state index contributed by atoms with van der Waals surface area (Å²) in [6, 6.07) is 0. The summed E-state index contributed by atoms with van der Waals surface area (Å²) < 4.78 is 0. The van der Waals surface area contributed by atoms with Gasteiger partial charge in [0, 0.05) is 0 Å². The van der Waals surface area contributed by atoms with E-state index in [0.29, 0.717) is 0 Å². The van der Waals surface area contributed by atoms with Crippen molar-refractivity contribution in [2.24, 2.45) is 0 Å². The summed E-state index contributed by atoms with van der Waals surface area (Å²) in [7, 11) is 0. The van der Waals surface area contributed by atoms with Gasteiger partial charge in [0.2, 0.25) is 0 Å². The van der Waals surface area contributed by atoms with E-state index in [1.807, 2.05) is 0 Å². The first-order valence-electron chi connectivity index (χ1n) is 0. The maximum atomic E-state index is 0. The van der Waals surface area contributed by atoms with Crippen LogP contribution in [0.25, 0.3) is 0 Å². The molecule has 0 aromatic carbocycles. The number of hydrogen-bond acceptors (Lipinski definition) is 0. The van der Waals surface area contributed by atoms with E-state index >= 15 is 0 Å². The Morgan fingerprint density at radius 3 is 0.0492 bits per heavy atom. The molecule has 0 radical (unpaired) electrons. The van der Waals surface area contributed by atoms with Gasteiger partial charge in [0.05, 0.1) is 0 Å². The summed E-state index contributed by atoms with van der Waals surface area (Å²) in [5.41, 5.74) is 0. The smallest absolute Gasteiger partial charge is 1.00 e. The minimum absolute atomic E-state index is 0. The fourth-order valence-electron chi connectivity index (χ4n) is 0. The molecule has 0 nitrogen and oxygen atoms in total. The van der Waals surface area contributed by atoms with Crippen LogP contribution in [0.4, 0.5) is 0 Å². The van der Waals surface area contributed by atoms with Crippen molar-refractivity contribution in [1.29, 1.82) is 0 Å². The van der Waals surface area contributed by atoms with Crippen LogP contribution in [0.15, 0.2) is 0 Å². The summed E-state index contributed by atoms with van der Waals surface area (Å²) in [6.45, 7) is 0. The molecule has 0 unspecified atom stereocenters. The van der Waals surface area contributed by atoms with Crippen molar-refractivity contribution < 1.29 is 336 Å². The number of halogens is 53. The average Bonchev–Trinajstić information content (AvgIpc) is 0. The molecule has 61 heavy (non-hydrogen) atoms. The fraction of sp³-hybridized carbons (Fsp3) is 0. The van der Waals surface area contributed by atoms with Crippen LogP contribution in [0.3, 0.4) is 0 Å². The van der Waals surface area contributed by atoms with Gasteiger partial charge in [0.15, 0.2) is 0 Å². The normalized spacial score (nSPS) is 0. The second-order valence-corrected chi connectivity index (χ2v) is 0. The zero-order chi connectivity index (χ0) is 0. The van der Waals surface area contributed by atoms with Crippen LogP contribution in [0, 0.1) is 0 Å². The molecule has 0 saturated carbocycles. The Hall–Kier alpha value is 23.4. The Morgan fingerprint density at radius 1 is 0.0492 bits per heavy atom. The van der Waals surface area contributed by atoms with Gasteiger partial charge in [-0.15, -0.1) is 558 Å². The van der Waals surface area contributed by atoms with Crippen molar-refractivity contribution in [3.05, 3.63) is 0 Å². The third-order valence-corrected chi connectivity index (χ3v) is 0. The Kier molecular flexibility index (Phi) is 18200. The van der Waals surface area contributed by atoms with E-state index < -0.39 is 0 Å². The Morgan fingerprint density at radius 2 is 0.0492 bits per heavy atom. The van der Waals surface area contributed by atoms with Crippen LogP contribution in [0.1, 0.15) is 0 Å². The van der Waals surface area contributed by atoms with Crippen LogP contribution < -0.4 is 336 Å². The third-order valence-electron chi connectivity index (χ3n) is 0. The Labute approximate surface area is 873 Å². The van der Waals surface area contributed by atoms with E-state index in [1.165, 1.54) is 0 Å². The molecular weight excluding hydrogens is 2060 g/mol. The molecule has 0 aliphatic carbocycles. The SMILES string of the molecule is Cl.Cl.Cl.Cl.Cl.Cl.Cl.Cl.Cl.Cl.Cl.Cl.Cl.Cl.Cl.Cl.Cl.Cl.Cl.Cl.Cl.Cl.Cl.Cl.Cl.Cl.Cl.Cl.Cl.Cl.Cl.Cl.Cl.Cl.Cl.Cl.Cl.Cl.Cl.Cl.Cl.Cl.Cl.Cl.Cl.[Cl-].[Cl-].[Cl-].[Cl-].[Cl-].[Cl-].[Cl-].[Cl-].[Na+].[Na+].[Na+].[Na+].[Na+].[Na+].[Na+].[Na+]. The van der Waals surface area contributed by atoms with Gasteiger partial charge in [-0.1, -0.05) is 0 Å². The van der Waals surface area contributed by atoms with Crippen LogP contribution in [-0.4, -0.2) is 0 Å². The molecule has 0 spiro atoms. The van der Waals surface area contributed by atoms with Gasteiger partial charge in [-0.05, 0) is 0 Å². The van der Waals surface area contributed by atoms with Gasteiger partial charge in [0.1, 0.15) is 0 Å². The maximum absolute atomic E-state index is 0. The summed E-state index contributed by atoms with van der Waals surface area (Å²) in [5, 5.41) is 0. The molecule has 0 aliphatic heterocycles. The molecule has 0 atom stereocenters. The van der Waals surface area contributed by atoms with Crippen LogP contribution in [0.5, 0.6) is 0 Å². The van der Waals surface area contributed by atoms with E-state index in [2.05, 4.69) is 0 Å². The Balaban J connectivity index is 0. The molecule has 0 aromatic heterocycles. The monoisotopic (exact) mass is 2080 g/mol. The van der Waals surface area contributed by atoms with Crippen molar-refractivity contribution in [3.8, 4) is 0 Å². The molecule has 424 valence electrons. The van der Waals surface area contributed by atoms with Gasteiger partial charge in [0.25, 0.3) is 0 Å². The second-order valence-electron chi connectivity index (χ2n) is 0. The molecule has 0 N–H and O–H groups in total. The third kappa shape index (κ3) is 1010. The topological polar surface area (TPSA) is 0 Å². The van der Waals surface area contributed by atoms with Crippen molar-refractivity contribution >= 4 is 558 Å². The van der Waals surface area contributed by atoms with Gasteiger partial charge in [-0.3, -0.25) is 0 Å². The van der Waals surface area contributed by atoms with Gasteiger partial charge in [-0.25, -0.2) is 0 Å². The summed E-state index contributed by atoms with van der Waals surface area (Å²) in [6.07, 6.45) is 0. The zero-order valence-electron chi connectivity index (χ0n) is 29.4. The number of hydrogen-bond donors (Lipinski definition) is 0. The Bertz CT molecular complexity index is 34.2. The average molecular weight is 2110 g/mol. The van der Waals surface area contributed by atoms with E-state index in [-0.39, 0.29) is 894 Å². The van der Waals surface area contributed by atoms with E-state index in [0.717, 1.165) is 0 Å². The quantitative estimate of drug-likeness (QED) is 0.212. The first-order valence-corrected chi connectivity index (χ1v) is 0. The van der Waals surface area contributed by atoms with Crippen LogP contribution >= 0.6 is 558 Å². The van der Waals surface area contributed by atoms with Crippen molar-refractivity contribution in [2.75, 3.05) is 0 Å². The molecule has 0 heterocycles. The molecule has 0 aromatic rings. The second kappa shape index (κ2) is 1040. The van der Waals surface area contributed by atoms with Crippen molar-refractivity contribution in [1.82, 2.24) is 0 Å². The van der Waals surface area contributed by atoms with E-state index in [1.54, 1.807) is 0 Å². The molecule has 0 aliphatic rings. The zero-order valence-corrected chi connectivity index (χ0v) is 88.2. The predicted octanol–water partition coefficient (Wildman–Crippen LogP) is -29.0. The summed E-state index contributed by atoms with van der Waals surface area (Å²) in [5.74, 6) is 0. The molecular formula is H45Cl53Na8. The minimum Gasteiger partial charge on any atom is -1.00 e. The molecule has 0 fully saturated rings. The first kappa shape index (κ1) is 1070. The van der Waals surface area contributed by atoms with Crippen molar-refractivity contribution in [3.63, 3.8) is 0 Å². The molecule has 0 amide bonds. The van der Waals surface area contributed by atoms with Crippen LogP contribution in [-0.2, 0) is 0 Å². The van der Waals surface area contributed by atoms with Gasteiger partial charge >= 0.3 is 236 Å². The number of rotatable bonds is 0. The fourth-order valence-corrected chi connectivity index (χ4v) is 0. The van der Waals surface area contributed by atoms with Gasteiger partial charge in [-0.2, -0.15) is 0 Å². The minimum atomic E-state index is 0. The van der Waals surface area contributed by atoms with E-state index in [9.17, 15) is 0 Å². The maximum Gasteiger partial charge on any atom is 1.00 e. The van der Waals surface area contributed by atoms with Crippen molar-refractivity contribution in [2.45, 2.75) is 0 Å². The van der Waals surface area contributed by atoms with Crippen LogP contribution in [0.2, 0.25) is 0 Å². The summed E-state index contributed by atoms with van der Waals surface area (Å²) >= 11 is 0. The van der Waals surface area contributed by atoms with E-state index in [4.69, 9.17) is 0 Å². The largest absolute Gasteiger partial charge is 1.00 e. The molecule has 0 saturated heterocycles.